The number of fused-ring (bicyclic) bond motifs is 1. The lowest BCUT2D eigenvalue weighted by molar-refractivity contribution is -0.138. The van der Waals surface area contributed by atoms with Gasteiger partial charge in [0.05, 0.1) is 22.4 Å². The van der Waals surface area contributed by atoms with Crippen LogP contribution >= 0.6 is 11.6 Å². The molecule has 5 rings (SSSR count). The Morgan fingerprint density at radius 2 is 1.52 bits per heavy atom. The summed E-state index contributed by atoms with van der Waals surface area (Å²) in [6, 6.07) is 19.1. The van der Waals surface area contributed by atoms with Gasteiger partial charge in [0.25, 0.3) is 5.91 Å². The molecule has 1 amide bonds. The van der Waals surface area contributed by atoms with E-state index in [1.54, 1.807) is 44.3 Å². The summed E-state index contributed by atoms with van der Waals surface area (Å²) in [5.74, 6) is -0.379. The van der Waals surface area contributed by atoms with Crippen molar-refractivity contribution in [3.63, 3.8) is 0 Å². The third-order valence-corrected chi connectivity index (χ3v) is 7.38. The summed E-state index contributed by atoms with van der Waals surface area (Å²) in [4.78, 5) is 12.7. The van der Waals surface area contributed by atoms with Crippen LogP contribution in [-0.4, -0.2) is 16.7 Å². The highest BCUT2D eigenvalue weighted by molar-refractivity contribution is 6.32. The summed E-state index contributed by atoms with van der Waals surface area (Å²) in [7, 11) is 0. The molecule has 5 nitrogen and oxygen atoms in total. The molecule has 5 aromatic rings. The number of carbonyl (C=O) groups is 1. The molecule has 0 fully saturated rings. The topological polar surface area (TPSA) is 55.6 Å². The van der Waals surface area contributed by atoms with Crippen LogP contribution in [0.2, 0.25) is 5.02 Å². The molecule has 1 heterocycles. The maximum absolute atomic E-state index is 13.3. The van der Waals surface area contributed by atoms with E-state index in [9.17, 15) is 31.1 Å². The molecule has 0 unspecified atom stereocenters. The van der Waals surface area contributed by atoms with Crippen LogP contribution in [0.5, 0.6) is 5.75 Å². The van der Waals surface area contributed by atoms with Crippen molar-refractivity contribution in [3.05, 3.63) is 135 Å². The lowest BCUT2D eigenvalue weighted by Gasteiger charge is -2.13. The van der Waals surface area contributed by atoms with Gasteiger partial charge in [-0.25, -0.2) is 5.43 Å². The number of nitrogens with zero attached hydrogens (tertiary/aromatic N) is 2. The first-order chi connectivity index (χ1) is 21.7. The van der Waals surface area contributed by atoms with E-state index in [-0.39, 0.29) is 29.5 Å². The number of benzene rings is 4. The molecule has 46 heavy (non-hydrogen) atoms. The number of aryl methyl sites for hydroxylation is 2. The lowest BCUT2D eigenvalue weighted by atomic mass is 10.1. The Morgan fingerprint density at radius 3 is 2.17 bits per heavy atom. The van der Waals surface area contributed by atoms with E-state index >= 15 is 0 Å². The Balaban J connectivity index is 1.24. The highest BCUT2D eigenvalue weighted by atomic mass is 35.5. The number of hydrogen-bond donors (Lipinski definition) is 1. The smallest absolute Gasteiger partial charge is 0.416 e. The van der Waals surface area contributed by atoms with Gasteiger partial charge in [0.2, 0.25) is 0 Å². The molecule has 0 aliphatic heterocycles. The van der Waals surface area contributed by atoms with E-state index in [0.717, 1.165) is 35.2 Å². The second-order valence-electron chi connectivity index (χ2n) is 10.8. The van der Waals surface area contributed by atoms with Crippen LogP contribution < -0.4 is 10.2 Å². The number of rotatable bonds is 8. The minimum Gasteiger partial charge on any atom is -0.487 e. The highest BCUT2D eigenvalue weighted by Gasteiger charge is 2.31. The fraction of sp³-hybridized carbons (Fsp3) is 0.176. The average molecular weight is 658 g/mol. The summed E-state index contributed by atoms with van der Waals surface area (Å²) in [5.41, 5.74) is 4.34. The summed E-state index contributed by atoms with van der Waals surface area (Å²) in [6.07, 6.45) is -5.70. The second-order valence-corrected chi connectivity index (χ2v) is 11.2. The average Bonchev–Trinajstić information content (AvgIpc) is 3.38. The number of amides is 1. The van der Waals surface area contributed by atoms with E-state index < -0.39 is 29.4 Å². The maximum atomic E-state index is 13.3. The standard InChI is InChI=1S/C34H26ClF6N3O2/c1-20-10-22(14-26(12-20)33(36,37)38)18-44-9-8-28-25(4-3-5-30(28)44)17-42-43-32(45)24-6-7-31(29(35)16-24)46-19-23-11-21(2)13-27(15-23)34(39,40)41/h3-17H,18-19H2,1-2H3,(H,43,45)/b42-17+. The van der Waals surface area contributed by atoms with Crippen LogP contribution in [0, 0.1) is 13.8 Å². The molecule has 1 aromatic heterocycles. The predicted molar refractivity (Wildman–Crippen MR) is 164 cm³/mol. The zero-order valence-corrected chi connectivity index (χ0v) is 25.2. The summed E-state index contributed by atoms with van der Waals surface area (Å²) in [6.45, 7) is 3.25. The van der Waals surface area contributed by atoms with Crippen molar-refractivity contribution >= 4 is 34.6 Å². The van der Waals surface area contributed by atoms with Crippen LogP contribution in [-0.2, 0) is 25.5 Å². The third kappa shape index (κ3) is 7.71. The normalized spacial score (nSPS) is 12.2. The number of aromatic nitrogens is 1. The van der Waals surface area contributed by atoms with E-state index in [2.05, 4.69) is 10.5 Å². The van der Waals surface area contributed by atoms with Crippen LogP contribution in [0.25, 0.3) is 10.9 Å². The van der Waals surface area contributed by atoms with Gasteiger partial charge in [-0.15, -0.1) is 0 Å². The van der Waals surface area contributed by atoms with Gasteiger partial charge < -0.3 is 9.30 Å². The zero-order valence-electron chi connectivity index (χ0n) is 24.4. The fourth-order valence-electron chi connectivity index (χ4n) is 5.07. The number of nitrogens with one attached hydrogen (secondary N) is 1. The van der Waals surface area contributed by atoms with Crippen LogP contribution in [0.4, 0.5) is 26.3 Å². The van der Waals surface area contributed by atoms with Crippen molar-refractivity contribution in [2.75, 3.05) is 0 Å². The molecule has 0 bridgehead atoms. The third-order valence-electron chi connectivity index (χ3n) is 7.09. The number of hydrogen-bond acceptors (Lipinski definition) is 3. The van der Waals surface area contributed by atoms with Crippen molar-refractivity contribution in [3.8, 4) is 5.75 Å². The number of hydrazone groups is 1. The minimum absolute atomic E-state index is 0.0856. The van der Waals surface area contributed by atoms with Crippen molar-refractivity contribution in [2.24, 2.45) is 5.10 Å². The number of alkyl halides is 6. The van der Waals surface area contributed by atoms with Gasteiger partial charge in [-0.3, -0.25) is 4.79 Å². The SMILES string of the molecule is Cc1cc(COc2ccc(C(=O)N/N=C/c3cccc4c3ccn4Cc3cc(C)cc(C(F)(F)F)c3)cc2Cl)cc(C(F)(F)F)c1. The molecular formula is C34H26ClF6N3O2. The van der Waals surface area contributed by atoms with Crippen LogP contribution in [0.15, 0.2) is 90.2 Å². The Labute approximate surface area is 265 Å². The number of ether oxygens (including phenoxy) is 1. The summed E-state index contributed by atoms with van der Waals surface area (Å²) >= 11 is 6.29. The molecule has 0 spiro atoms. The molecule has 4 aromatic carbocycles. The number of carbonyl (C=O) groups excluding carboxylic acids is 1. The van der Waals surface area contributed by atoms with Gasteiger partial charge in [0.1, 0.15) is 12.4 Å². The molecule has 12 heteroatoms. The molecule has 0 aliphatic carbocycles. The molecule has 1 N–H and O–H groups in total. The van der Waals surface area contributed by atoms with Crippen molar-refractivity contribution in [1.29, 1.82) is 0 Å². The van der Waals surface area contributed by atoms with Crippen molar-refractivity contribution in [2.45, 2.75) is 39.4 Å². The highest BCUT2D eigenvalue weighted by Crippen LogP contribution is 2.33. The van der Waals surface area contributed by atoms with Crippen LogP contribution in [0.1, 0.15) is 49.3 Å². The molecule has 238 valence electrons. The largest absolute Gasteiger partial charge is 0.487 e. The molecule has 0 saturated heterocycles. The molecule has 0 radical (unpaired) electrons. The van der Waals surface area contributed by atoms with Crippen LogP contribution in [0.3, 0.4) is 0 Å². The molecule has 0 saturated carbocycles. The van der Waals surface area contributed by atoms with Gasteiger partial charge in [-0.05, 0) is 79.6 Å². The quantitative estimate of drug-likeness (QED) is 0.103. The van der Waals surface area contributed by atoms with E-state index in [1.807, 2.05) is 16.7 Å². The minimum atomic E-state index is -4.48. The first-order valence-electron chi connectivity index (χ1n) is 13.9. The second kappa shape index (κ2) is 12.9. The van der Waals surface area contributed by atoms with Gasteiger partial charge in [0, 0.05) is 34.8 Å². The Bertz CT molecular complexity index is 1950. The maximum Gasteiger partial charge on any atom is 0.416 e. The van der Waals surface area contributed by atoms with E-state index in [1.165, 1.54) is 24.4 Å². The van der Waals surface area contributed by atoms with Crippen molar-refractivity contribution < 1.29 is 35.9 Å². The Hall–Kier alpha value is -4.77. The van der Waals surface area contributed by atoms with E-state index in [4.69, 9.17) is 16.3 Å². The van der Waals surface area contributed by atoms with Gasteiger partial charge >= 0.3 is 12.4 Å². The monoisotopic (exact) mass is 657 g/mol. The van der Waals surface area contributed by atoms with Gasteiger partial charge in [0.15, 0.2) is 0 Å². The molecular weight excluding hydrogens is 632 g/mol. The predicted octanol–water partition coefficient (Wildman–Crippen LogP) is 9.34. The zero-order chi connectivity index (χ0) is 33.2. The summed E-state index contributed by atoms with van der Waals surface area (Å²) < 4.78 is 86.8. The van der Waals surface area contributed by atoms with Gasteiger partial charge in [-0.1, -0.05) is 47.0 Å². The first-order valence-corrected chi connectivity index (χ1v) is 14.2. The lowest BCUT2D eigenvalue weighted by Crippen LogP contribution is -2.17. The number of halogens is 7. The molecule has 0 atom stereocenters. The van der Waals surface area contributed by atoms with Gasteiger partial charge in [-0.2, -0.15) is 31.4 Å². The Kier molecular flexibility index (Phi) is 9.16. The first kappa shape index (κ1) is 32.6. The fourth-order valence-corrected chi connectivity index (χ4v) is 5.30. The molecule has 0 aliphatic rings. The van der Waals surface area contributed by atoms with Crippen molar-refractivity contribution in [1.82, 2.24) is 9.99 Å². The summed E-state index contributed by atoms with van der Waals surface area (Å²) in [5, 5.41) is 4.92. The van der Waals surface area contributed by atoms with E-state index in [0.29, 0.717) is 27.8 Å². The Morgan fingerprint density at radius 1 is 0.870 bits per heavy atom.